The summed E-state index contributed by atoms with van der Waals surface area (Å²) in [7, 11) is 3.81. The maximum atomic E-state index is 5.59. The second kappa shape index (κ2) is 10.9. The van der Waals surface area contributed by atoms with Crippen LogP contribution in [-0.2, 0) is 0 Å². The first-order chi connectivity index (χ1) is 13.7. The van der Waals surface area contributed by atoms with Gasteiger partial charge in [0.05, 0.1) is 5.71 Å². The summed E-state index contributed by atoms with van der Waals surface area (Å²) in [6, 6.07) is 17.1. The number of hydrogen-bond acceptors (Lipinski definition) is 3. The molecule has 0 amide bonds. The second-order valence-corrected chi connectivity index (χ2v) is 6.49. The Labute approximate surface area is 169 Å². The first-order valence-electron chi connectivity index (χ1n) is 9.89. The molecule has 1 aliphatic rings. The van der Waals surface area contributed by atoms with E-state index in [4.69, 9.17) is 5.73 Å². The first-order valence-corrected chi connectivity index (χ1v) is 9.89. The van der Waals surface area contributed by atoms with Crippen molar-refractivity contribution in [3.63, 3.8) is 0 Å². The molecule has 28 heavy (non-hydrogen) atoms. The van der Waals surface area contributed by atoms with Gasteiger partial charge >= 0.3 is 0 Å². The predicted octanol–water partition coefficient (Wildman–Crippen LogP) is 5.85. The molecule has 2 aromatic rings. The fraction of sp³-hybridized carbons (Fsp3) is 0.240. The van der Waals surface area contributed by atoms with Crippen molar-refractivity contribution < 1.29 is 0 Å². The smallest absolute Gasteiger partial charge is 0.0918 e. The number of hydrogen-bond donors (Lipinski definition) is 1. The second-order valence-electron chi connectivity index (χ2n) is 6.49. The lowest BCUT2D eigenvalue weighted by Gasteiger charge is -2.11. The molecule has 0 fully saturated rings. The summed E-state index contributed by atoms with van der Waals surface area (Å²) in [5.74, 6) is 0. The third-order valence-electron chi connectivity index (χ3n) is 4.27. The van der Waals surface area contributed by atoms with E-state index in [1.165, 1.54) is 28.5 Å². The van der Waals surface area contributed by atoms with Gasteiger partial charge in [0, 0.05) is 19.7 Å². The van der Waals surface area contributed by atoms with Crippen LogP contribution in [0.25, 0.3) is 16.7 Å². The van der Waals surface area contributed by atoms with Crippen molar-refractivity contribution in [3.8, 4) is 11.1 Å². The molecule has 2 N–H and O–H groups in total. The van der Waals surface area contributed by atoms with Crippen LogP contribution in [0.3, 0.4) is 0 Å². The van der Waals surface area contributed by atoms with Gasteiger partial charge in [0.2, 0.25) is 0 Å². The van der Waals surface area contributed by atoms with Crippen molar-refractivity contribution in [3.05, 3.63) is 90.2 Å². The van der Waals surface area contributed by atoms with Gasteiger partial charge in [-0.3, -0.25) is 0 Å². The molecule has 1 aliphatic carbocycles. The van der Waals surface area contributed by atoms with E-state index in [1.54, 1.807) is 5.01 Å². The molecule has 0 saturated carbocycles. The van der Waals surface area contributed by atoms with Crippen LogP contribution in [0.15, 0.2) is 84.1 Å². The average molecular weight is 374 g/mol. The van der Waals surface area contributed by atoms with Crippen LogP contribution in [-0.4, -0.2) is 24.8 Å². The van der Waals surface area contributed by atoms with E-state index in [0.29, 0.717) is 0 Å². The topological polar surface area (TPSA) is 41.6 Å². The molecule has 146 valence electrons. The van der Waals surface area contributed by atoms with Crippen LogP contribution in [0.4, 0.5) is 0 Å². The molecule has 0 heterocycles. The molecular formula is C25H31N3. The van der Waals surface area contributed by atoms with E-state index in [0.717, 1.165) is 24.1 Å². The van der Waals surface area contributed by atoms with Gasteiger partial charge in [-0.25, -0.2) is 0 Å². The van der Waals surface area contributed by atoms with Crippen molar-refractivity contribution in [2.24, 2.45) is 10.8 Å². The average Bonchev–Trinajstić information content (AvgIpc) is 2.75. The molecule has 0 spiro atoms. The summed E-state index contributed by atoms with van der Waals surface area (Å²) in [6.45, 7) is 4.00. The molecule has 0 aromatic heterocycles. The molecule has 3 rings (SSSR count). The van der Waals surface area contributed by atoms with Crippen LogP contribution in [0, 0.1) is 0 Å². The Hall–Kier alpha value is -3.07. The number of hydrazone groups is 1. The van der Waals surface area contributed by atoms with Crippen molar-refractivity contribution >= 4 is 11.3 Å². The lowest BCUT2D eigenvalue weighted by molar-refractivity contribution is 0.438. The minimum Gasteiger partial charge on any atom is -0.405 e. The van der Waals surface area contributed by atoms with Gasteiger partial charge in [-0.1, -0.05) is 74.5 Å². The van der Waals surface area contributed by atoms with Crippen molar-refractivity contribution in [2.45, 2.75) is 26.7 Å². The minimum atomic E-state index is 0.841. The quantitative estimate of drug-likeness (QED) is 0.527. The highest BCUT2D eigenvalue weighted by Crippen LogP contribution is 2.26. The van der Waals surface area contributed by atoms with Gasteiger partial charge in [0.25, 0.3) is 0 Å². The summed E-state index contributed by atoms with van der Waals surface area (Å²) >= 11 is 0. The molecule has 2 aromatic carbocycles. The van der Waals surface area contributed by atoms with E-state index in [2.05, 4.69) is 71.9 Å². The monoisotopic (exact) mass is 373 g/mol. The Balaban J connectivity index is 0.00000136. The normalized spacial score (nSPS) is 13.7. The summed E-state index contributed by atoms with van der Waals surface area (Å²) in [5.41, 5.74) is 12.4. The minimum absolute atomic E-state index is 0.841. The van der Waals surface area contributed by atoms with Gasteiger partial charge in [-0.05, 0) is 53.4 Å². The van der Waals surface area contributed by atoms with Gasteiger partial charge < -0.3 is 10.7 Å². The number of nitrogens with zero attached hydrogens (tertiary/aromatic N) is 2. The Morgan fingerprint density at radius 1 is 0.964 bits per heavy atom. The van der Waals surface area contributed by atoms with Crippen LogP contribution in [0.5, 0.6) is 0 Å². The zero-order valence-corrected chi connectivity index (χ0v) is 17.4. The van der Waals surface area contributed by atoms with Crippen LogP contribution >= 0.6 is 0 Å². The van der Waals surface area contributed by atoms with Crippen LogP contribution in [0.1, 0.15) is 37.8 Å². The van der Waals surface area contributed by atoms with E-state index in [9.17, 15) is 0 Å². The van der Waals surface area contributed by atoms with E-state index in [-0.39, 0.29) is 0 Å². The highest BCUT2D eigenvalue weighted by molar-refractivity contribution is 6.09. The van der Waals surface area contributed by atoms with Crippen molar-refractivity contribution in [1.29, 1.82) is 0 Å². The van der Waals surface area contributed by atoms with Gasteiger partial charge in [-0.15, -0.1) is 0 Å². The highest BCUT2D eigenvalue weighted by atomic mass is 15.4. The maximum absolute atomic E-state index is 5.59. The number of benzene rings is 2. The molecule has 0 radical (unpaired) electrons. The van der Waals surface area contributed by atoms with Gasteiger partial charge in [0.1, 0.15) is 0 Å². The summed E-state index contributed by atoms with van der Waals surface area (Å²) < 4.78 is 0. The molecule has 0 aliphatic heterocycles. The van der Waals surface area contributed by atoms with Crippen molar-refractivity contribution in [1.82, 2.24) is 5.01 Å². The van der Waals surface area contributed by atoms with Crippen LogP contribution < -0.4 is 5.73 Å². The molecular weight excluding hydrogens is 342 g/mol. The lowest BCUT2D eigenvalue weighted by Crippen LogP contribution is -2.09. The summed E-state index contributed by atoms with van der Waals surface area (Å²) in [4.78, 5) is 0. The predicted molar refractivity (Wildman–Crippen MR) is 123 cm³/mol. The third-order valence-corrected chi connectivity index (χ3v) is 4.27. The molecule has 3 heteroatoms. The Bertz CT molecular complexity index is 869. The number of nitrogens with two attached hydrogens (primary N) is 1. The van der Waals surface area contributed by atoms with Gasteiger partial charge in [-0.2, -0.15) is 5.10 Å². The largest absolute Gasteiger partial charge is 0.405 e. The molecule has 0 unspecified atom stereocenters. The fourth-order valence-corrected chi connectivity index (χ4v) is 3.03. The molecule has 0 atom stereocenters. The Morgan fingerprint density at radius 3 is 2.29 bits per heavy atom. The molecule has 3 nitrogen and oxygen atoms in total. The van der Waals surface area contributed by atoms with E-state index >= 15 is 0 Å². The van der Waals surface area contributed by atoms with Gasteiger partial charge in [0.15, 0.2) is 0 Å². The summed E-state index contributed by atoms with van der Waals surface area (Å²) in [6.07, 6.45) is 12.4. The highest BCUT2D eigenvalue weighted by Gasteiger charge is 2.06. The first kappa shape index (κ1) is 21.2. The lowest BCUT2D eigenvalue weighted by atomic mass is 9.96. The van der Waals surface area contributed by atoms with Crippen molar-refractivity contribution in [2.75, 3.05) is 14.1 Å². The van der Waals surface area contributed by atoms with E-state index < -0.39 is 0 Å². The zero-order chi connectivity index (χ0) is 20.4. The maximum Gasteiger partial charge on any atom is 0.0918 e. The third kappa shape index (κ3) is 5.71. The SMILES string of the molecule is CC.CN(C)/N=C(\C=C/N)c1cccc(-c2ccc(C3=CCCC=C3)cc2)c1. The molecule has 0 bridgehead atoms. The van der Waals surface area contributed by atoms with Crippen LogP contribution in [0.2, 0.25) is 0 Å². The number of rotatable bonds is 5. The summed E-state index contributed by atoms with van der Waals surface area (Å²) in [5, 5.41) is 6.30. The Morgan fingerprint density at radius 2 is 1.68 bits per heavy atom. The fourth-order valence-electron chi connectivity index (χ4n) is 3.03. The Kier molecular flexibility index (Phi) is 8.29. The zero-order valence-electron chi connectivity index (χ0n) is 17.4. The number of allylic oxidation sites excluding steroid dienone is 5. The standard InChI is InChI=1S/C23H25N3.C2H6/c1-26(2)25-23(15-16-24)22-10-6-9-21(17-22)20-13-11-19(12-14-20)18-7-4-3-5-8-18;1-2/h4,6-17H,3,5,24H2,1-2H3;1-2H3/b16-15-,25-23+;. The molecule has 0 saturated heterocycles. The van der Waals surface area contributed by atoms with E-state index in [1.807, 2.05) is 34.0 Å².